The fourth-order valence-corrected chi connectivity index (χ4v) is 4.99. The Bertz CT molecular complexity index is 1230. The highest BCUT2D eigenvalue weighted by atomic mass is 19.1. The molecule has 3 atom stereocenters. The average molecular weight is 463 g/mol. The lowest BCUT2D eigenvalue weighted by molar-refractivity contribution is -0.159. The van der Waals surface area contributed by atoms with Crippen molar-refractivity contribution < 1.29 is 23.5 Å². The Hall–Kier alpha value is -3.78. The van der Waals surface area contributed by atoms with Gasteiger partial charge in [-0.05, 0) is 47.0 Å². The molecule has 2 aliphatic rings. The van der Waals surface area contributed by atoms with Gasteiger partial charge in [0.05, 0.1) is 18.7 Å². The number of nitrogens with zero attached hydrogens (tertiary/aromatic N) is 2. The molecule has 3 aromatic rings. The zero-order valence-corrected chi connectivity index (χ0v) is 18.2. The Morgan fingerprint density at radius 1 is 0.971 bits per heavy atom. The summed E-state index contributed by atoms with van der Waals surface area (Å²) < 4.78 is 27.0. The first-order valence-corrected chi connectivity index (χ1v) is 11.0. The van der Waals surface area contributed by atoms with Crippen LogP contribution >= 0.6 is 0 Å². The van der Waals surface area contributed by atoms with Gasteiger partial charge in [-0.1, -0.05) is 42.5 Å². The maximum Gasteiger partial charge on any atom is 0.322 e. The fraction of sp³-hybridized carbons (Fsp3) is 0.231. The highest BCUT2D eigenvalue weighted by molar-refractivity contribution is 5.93. The third-order valence-corrected chi connectivity index (χ3v) is 6.57. The number of aliphatic hydroxyl groups is 1. The topological polar surface area (TPSA) is 72.9 Å². The summed E-state index contributed by atoms with van der Waals surface area (Å²) >= 11 is 0. The molecule has 2 saturated heterocycles. The number of urea groups is 1. The molecule has 0 bridgehead atoms. The van der Waals surface area contributed by atoms with Gasteiger partial charge < -0.3 is 20.2 Å². The van der Waals surface area contributed by atoms with Crippen molar-refractivity contribution in [3.63, 3.8) is 0 Å². The molecular weight excluding hydrogens is 440 g/mol. The Labute approximate surface area is 195 Å². The minimum atomic E-state index is -0.480. The van der Waals surface area contributed by atoms with Crippen LogP contribution in [0.25, 0.3) is 11.1 Å². The lowest BCUT2D eigenvalue weighted by Crippen LogP contribution is -2.73. The van der Waals surface area contributed by atoms with Crippen LogP contribution in [0.5, 0.6) is 0 Å². The molecule has 8 heteroatoms. The number of anilines is 1. The number of rotatable bonds is 4. The molecule has 0 aliphatic carbocycles. The van der Waals surface area contributed by atoms with E-state index < -0.39 is 11.8 Å². The van der Waals surface area contributed by atoms with Gasteiger partial charge in [0.15, 0.2) is 0 Å². The first-order valence-electron chi connectivity index (χ1n) is 11.0. The van der Waals surface area contributed by atoms with E-state index in [0.29, 0.717) is 12.2 Å². The van der Waals surface area contributed by atoms with Crippen LogP contribution in [-0.2, 0) is 4.79 Å². The van der Waals surface area contributed by atoms with E-state index in [-0.39, 0.29) is 42.9 Å². The normalized spacial score (nSPS) is 21.6. The van der Waals surface area contributed by atoms with Gasteiger partial charge in [0.1, 0.15) is 18.2 Å². The average Bonchev–Trinajstić information content (AvgIpc) is 2.80. The second kappa shape index (κ2) is 8.87. The summed E-state index contributed by atoms with van der Waals surface area (Å²) in [5, 5.41) is 12.6. The van der Waals surface area contributed by atoms with Crippen molar-refractivity contribution in [2.24, 2.45) is 0 Å². The van der Waals surface area contributed by atoms with E-state index >= 15 is 0 Å². The number of fused-ring (bicyclic) bond motifs is 1. The Balaban J connectivity index is 1.34. The van der Waals surface area contributed by atoms with E-state index in [9.17, 15) is 23.5 Å². The number of carbonyl (C=O) groups is 2. The fourth-order valence-electron chi connectivity index (χ4n) is 4.99. The van der Waals surface area contributed by atoms with Crippen molar-refractivity contribution in [1.29, 1.82) is 0 Å². The molecule has 0 saturated carbocycles. The number of piperazine rings is 1. The van der Waals surface area contributed by atoms with Crippen LogP contribution in [0.4, 0.5) is 19.3 Å². The van der Waals surface area contributed by atoms with E-state index in [2.05, 4.69) is 5.32 Å². The lowest BCUT2D eigenvalue weighted by atomic mass is 9.73. The zero-order valence-electron chi connectivity index (χ0n) is 18.2. The van der Waals surface area contributed by atoms with Crippen LogP contribution in [-0.4, -0.2) is 58.6 Å². The number of benzene rings is 3. The van der Waals surface area contributed by atoms with Gasteiger partial charge in [-0.25, -0.2) is 13.6 Å². The molecule has 174 valence electrons. The number of halogens is 2. The van der Waals surface area contributed by atoms with Crippen molar-refractivity contribution in [3.8, 4) is 11.1 Å². The van der Waals surface area contributed by atoms with E-state index in [1.807, 2.05) is 30.3 Å². The quantitative estimate of drug-likeness (QED) is 0.618. The van der Waals surface area contributed by atoms with Crippen molar-refractivity contribution in [2.75, 3.05) is 25.0 Å². The number of carbonyl (C=O) groups excluding carboxylic acids is 2. The van der Waals surface area contributed by atoms with Crippen LogP contribution < -0.4 is 5.32 Å². The van der Waals surface area contributed by atoms with Crippen molar-refractivity contribution in [3.05, 3.63) is 90.0 Å². The van der Waals surface area contributed by atoms with Gasteiger partial charge in [0.2, 0.25) is 5.91 Å². The van der Waals surface area contributed by atoms with Crippen LogP contribution in [0.3, 0.4) is 0 Å². The van der Waals surface area contributed by atoms with E-state index in [0.717, 1.165) is 16.7 Å². The van der Waals surface area contributed by atoms with Crippen LogP contribution in [0.1, 0.15) is 11.5 Å². The van der Waals surface area contributed by atoms with Crippen LogP contribution in [0.15, 0.2) is 72.8 Å². The SMILES string of the molecule is O=C(Nc1cccc(F)c1)N1CC(=O)N2[C@@H](CO)[C@@H](c3ccc(-c4cccc(F)c4)cc3)[C@@H]2C1. The molecule has 3 aromatic carbocycles. The molecule has 2 aliphatic heterocycles. The highest BCUT2D eigenvalue weighted by Gasteiger charge is 2.54. The Morgan fingerprint density at radius 2 is 1.68 bits per heavy atom. The second-order valence-corrected chi connectivity index (χ2v) is 8.60. The van der Waals surface area contributed by atoms with Crippen molar-refractivity contribution >= 4 is 17.6 Å². The first-order chi connectivity index (χ1) is 16.4. The summed E-state index contributed by atoms with van der Waals surface area (Å²) in [6.07, 6.45) is 0. The largest absolute Gasteiger partial charge is 0.394 e. The third-order valence-electron chi connectivity index (χ3n) is 6.57. The van der Waals surface area contributed by atoms with E-state index in [1.165, 1.54) is 35.2 Å². The number of aliphatic hydroxyl groups excluding tert-OH is 1. The zero-order chi connectivity index (χ0) is 23.8. The molecule has 2 fully saturated rings. The summed E-state index contributed by atoms with van der Waals surface area (Å²) in [4.78, 5) is 28.6. The molecule has 34 heavy (non-hydrogen) atoms. The molecule has 0 spiro atoms. The summed E-state index contributed by atoms with van der Waals surface area (Å²) in [7, 11) is 0. The Kier molecular flexibility index (Phi) is 5.75. The van der Waals surface area contributed by atoms with Gasteiger partial charge in [0, 0.05) is 18.2 Å². The van der Waals surface area contributed by atoms with Crippen molar-refractivity contribution in [1.82, 2.24) is 9.80 Å². The molecule has 0 radical (unpaired) electrons. The first kappa shape index (κ1) is 22.0. The smallest absolute Gasteiger partial charge is 0.322 e. The van der Waals surface area contributed by atoms with Crippen LogP contribution in [0, 0.1) is 11.6 Å². The van der Waals surface area contributed by atoms with E-state index in [4.69, 9.17) is 0 Å². The molecule has 6 nitrogen and oxygen atoms in total. The summed E-state index contributed by atoms with van der Waals surface area (Å²) in [6.45, 7) is -0.00682. The van der Waals surface area contributed by atoms with Crippen molar-refractivity contribution in [2.45, 2.75) is 18.0 Å². The number of nitrogens with one attached hydrogen (secondary N) is 1. The van der Waals surface area contributed by atoms with Crippen LogP contribution in [0.2, 0.25) is 0 Å². The number of hydrogen-bond acceptors (Lipinski definition) is 3. The second-order valence-electron chi connectivity index (χ2n) is 8.60. The van der Waals surface area contributed by atoms with Gasteiger partial charge >= 0.3 is 6.03 Å². The van der Waals surface area contributed by atoms with Gasteiger partial charge in [0.25, 0.3) is 0 Å². The van der Waals surface area contributed by atoms with E-state index in [1.54, 1.807) is 17.0 Å². The van der Waals surface area contributed by atoms with Gasteiger partial charge in [-0.15, -0.1) is 0 Å². The van der Waals surface area contributed by atoms with Gasteiger partial charge in [-0.2, -0.15) is 0 Å². The monoisotopic (exact) mass is 463 g/mol. The molecule has 3 amide bonds. The molecule has 2 N–H and O–H groups in total. The predicted molar refractivity (Wildman–Crippen MR) is 123 cm³/mol. The Morgan fingerprint density at radius 3 is 2.35 bits per heavy atom. The minimum absolute atomic E-state index is 0.112. The maximum atomic E-state index is 13.6. The highest BCUT2D eigenvalue weighted by Crippen LogP contribution is 2.43. The molecular formula is C26H23F2N3O3. The summed E-state index contributed by atoms with van der Waals surface area (Å²) in [5.74, 6) is -1.17. The standard InChI is InChI=1S/C26H23F2N3O3/c27-19-4-1-3-18(11-19)16-7-9-17(10-8-16)25-22-13-30(14-24(33)31(22)23(25)15-32)26(34)29-21-6-2-5-20(28)12-21/h1-12,22-23,25,32H,13-15H2,(H,29,34)/t22-,23-,25-/m0/s1. The molecule has 0 unspecified atom stereocenters. The minimum Gasteiger partial charge on any atom is -0.394 e. The summed E-state index contributed by atoms with van der Waals surface area (Å²) in [6, 6.07) is 18.4. The predicted octanol–water partition coefficient (Wildman–Crippen LogP) is 3.83. The summed E-state index contributed by atoms with van der Waals surface area (Å²) in [5.41, 5.74) is 2.86. The molecule has 0 aromatic heterocycles. The number of hydrogen-bond donors (Lipinski definition) is 2. The molecule has 2 heterocycles. The molecule has 5 rings (SSSR count). The third kappa shape index (κ3) is 4.01. The lowest BCUT2D eigenvalue weighted by Gasteiger charge is -2.58. The number of amides is 3. The maximum absolute atomic E-state index is 13.6. The van der Waals surface area contributed by atoms with Gasteiger partial charge in [-0.3, -0.25) is 4.79 Å².